The largest absolute Gasteiger partial charge is 0.493 e. The maximum Gasteiger partial charge on any atom is 0.224 e. The summed E-state index contributed by atoms with van der Waals surface area (Å²) in [4.78, 5) is 12.1. The first kappa shape index (κ1) is 15.5. The van der Waals surface area contributed by atoms with E-state index in [1.54, 1.807) is 21.3 Å². The fourth-order valence-corrected chi connectivity index (χ4v) is 2.44. The van der Waals surface area contributed by atoms with Crippen LogP contribution in [0.4, 0.5) is 0 Å². The zero-order valence-electron chi connectivity index (χ0n) is 13.1. The van der Waals surface area contributed by atoms with E-state index in [1.807, 2.05) is 12.1 Å². The summed E-state index contributed by atoms with van der Waals surface area (Å²) < 4.78 is 15.9. The number of ether oxygens (including phenoxy) is 3. The Morgan fingerprint density at radius 3 is 2.19 bits per heavy atom. The normalized spacial score (nSPS) is 15.2. The molecule has 5 heteroatoms. The molecule has 0 aliphatic heterocycles. The predicted octanol–water partition coefficient (Wildman–Crippen LogP) is 2.17. The van der Waals surface area contributed by atoms with Crippen molar-refractivity contribution in [3.05, 3.63) is 17.7 Å². The van der Waals surface area contributed by atoms with Crippen LogP contribution in [0.15, 0.2) is 12.1 Å². The smallest absolute Gasteiger partial charge is 0.224 e. The summed E-state index contributed by atoms with van der Waals surface area (Å²) in [6.07, 6.45) is 2.73. The molecule has 1 amide bonds. The summed E-state index contributed by atoms with van der Waals surface area (Å²) in [5.74, 6) is 2.33. The van der Waals surface area contributed by atoms with Gasteiger partial charge in [-0.1, -0.05) is 0 Å². The molecule has 0 heterocycles. The molecule has 1 saturated carbocycles. The Hall–Kier alpha value is -1.91. The van der Waals surface area contributed by atoms with Gasteiger partial charge in [0, 0.05) is 6.04 Å². The van der Waals surface area contributed by atoms with Crippen LogP contribution in [0, 0.1) is 5.92 Å². The molecule has 1 aliphatic rings. The molecular formula is C16H23NO4. The van der Waals surface area contributed by atoms with Crippen molar-refractivity contribution >= 4 is 5.91 Å². The van der Waals surface area contributed by atoms with E-state index in [1.165, 1.54) is 12.8 Å². The molecule has 5 nitrogen and oxygen atoms in total. The molecule has 1 aliphatic carbocycles. The third-order valence-corrected chi connectivity index (χ3v) is 3.81. The summed E-state index contributed by atoms with van der Waals surface area (Å²) >= 11 is 0. The van der Waals surface area contributed by atoms with E-state index < -0.39 is 0 Å². The lowest BCUT2D eigenvalue weighted by Crippen LogP contribution is -2.35. The average molecular weight is 293 g/mol. The van der Waals surface area contributed by atoms with Gasteiger partial charge in [-0.15, -0.1) is 0 Å². The maximum atomic E-state index is 12.1. The van der Waals surface area contributed by atoms with Gasteiger partial charge in [0.2, 0.25) is 11.7 Å². The molecule has 0 bridgehead atoms. The first-order valence-electron chi connectivity index (χ1n) is 7.17. The molecule has 1 aromatic rings. The Morgan fingerprint density at radius 1 is 1.19 bits per heavy atom. The number of amides is 1. The summed E-state index contributed by atoms with van der Waals surface area (Å²) in [6, 6.07) is 3.87. The standard InChI is InChI=1S/C16H23NO4/c1-10(12-5-6-12)17-15(18)9-11-7-13(19-2)16(21-4)14(8-11)20-3/h7-8,10,12H,5-6,9H2,1-4H3,(H,17,18). The van der Waals surface area contributed by atoms with Gasteiger partial charge in [-0.05, 0) is 43.4 Å². The topological polar surface area (TPSA) is 56.8 Å². The van der Waals surface area contributed by atoms with Crippen LogP contribution in [-0.2, 0) is 11.2 Å². The predicted molar refractivity (Wildman–Crippen MR) is 80.1 cm³/mol. The van der Waals surface area contributed by atoms with Gasteiger partial charge < -0.3 is 19.5 Å². The second-order valence-electron chi connectivity index (χ2n) is 5.40. The van der Waals surface area contributed by atoms with Crippen LogP contribution >= 0.6 is 0 Å². The number of benzene rings is 1. The van der Waals surface area contributed by atoms with E-state index in [9.17, 15) is 4.79 Å². The molecule has 116 valence electrons. The molecule has 21 heavy (non-hydrogen) atoms. The molecule has 0 saturated heterocycles. The minimum Gasteiger partial charge on any atom is -0.493 e. The molecule has 1 aromatic carbocycles. The van der Waals surface area contributed by atoms with Crippen molar-refractivity contribution in [1.82, 2.24) is 5.32 Å². The molecule has 1 atom stereocenters. The van der Waals surface area contributed by atoms with Crippen LogP contribution in [0.5, 0.6) is 17.2 Å². The third kappa shape index (κ3) is 3.80. The van der Waals surface area contributed by atoms with Gasteiger partial charge in [-0.2, -0.15) is 0 Å². The van der Waals surface area contributed by atoms with Gasteiger partial charge in [0.05, 0.1) is 27.8 Å². The summed E-state index contributed by atoms with van der Waals surface area (Å²) in [5, 5.41) is 3.04. The summed E-state index contributed by atoms with van der Waals surface area (Å²) in [5.41, 5.74) is 0.838. The Morgan fingerprint density at radius 2 is 1.76 bits per heavy atom. The highest BCUT2D eigenvalue weighted by Gasteiger charge is 2.28. The highest BCUT2D eigenvalue weighted by Crippen LogP contribution is 2.38. The molecular weight excluding hydrogens is 270 g/mol. The number of methoxy groups -OCH3 is 3. The Bertz CT molecular complexity index is 486. The van der Waals surface area contributed by atoms with E-state index in [0.717, 1.165) is 5.56 Å². The van der Waals surface area contributed by atoms with Gasteiger partial charge in [-0.25, -0.2) is 0 Å². The number of hydrogen-bond donors (Lipinski definition) is 1. The Labute approximate surface area is 125 Å². The van der Waals surface area contributed by atoms with Gasteiger partial charge in [0.15, 0.2) is 11.5 Å². The third-order valence-electron chi connectivity index (χ3n) is 3.81. The van der Waals surface area contributed by atoms with E-state index in [0.29, 0.717) is 29.6 Å². The van der Waals surface area contributed by atoms with Crippen molar-refractivity contribution in [2.24, 2.45) is 5.92 Å². The highest BCUT2D eigenvalue weighted by atomic mass is 16.5. The number of rotatable bonds is 7. The molecule has 0 aromatic heterocycles. The van der Waals surface area contributed by atoms with Crippen LogP contribution in [0.2, 0.25) is 0 Å². The second kappa shape index (κ2) is 6.70. The highest BCUT2D eigenvalue weighted by molar-refractivity contribution is 5.79. The Balaban J connectivity index is 2.09. The summed E-state index contributed by atoms with van der Waals surface area (Å²) in [7, 11) is 4.69. The minimum atomic E-state index is 0.0173. The van der Waals surface area contributed by atoms with E-state index in [-0.39, 0.29) is 11.9 Å². The molecule has 0 spiro atoms. The maximum absolute atomic E-state index is 12.1. The number of carbonyl (C=O) groups is 1. The molecule has 1 N–H and O–H groups in total. The summed E-state index contributed by atoms with van der Waals surface area (Å²) in [6.45, 7) is 2.06. The quantitative estimate of drug-likeness (QED) is 0.837. The zero-order valence-corrected chi connectivity index (χ0v) is 13.1. The number of carbonyl (C=O) groups excluding carboxylic acids is 1. The Kier molecular flexibility index (Phi) is 4.94. The lowest BCUT2D eigenvalue weighted by molar-refractivity contribution is -0.121. The van der Waals surface area contributed by atoms with Crippen molar-refractivity contribution in [3.8, 4) is 17.2 Å². The van der Waals surface area contributed by atoms with Crippen LogP contribution in [-0.4, -0.2) is 33.3 Å². The second-order valence-corrected chi connectivity index (χ2v) is 5.40. The van der Waals surface area contributed by atoms with Crippen LogP contribution in [0.25, 0.3) is 0 Å². The fraction of sp³-hybridized carbons (Fsp3) is 0.562. The molecule has 1 unspecified atom stereocenters. The van der Waals surface area contributed by atoms with Crippen LogP contribution < -0.4 is 19.5 Å². The van der Waals surface area contributed by atoms with Crippen molar-refractivity contribution in [1.29, 1.82) is 0 Å². The van der Waals surface area contributed by atoms with E-state index in [4.69, 9.17) is 14.2 Å². The fourth-order valence-electron chi connectivity index (χ4n) is 2.44. The van der Waals surface area contributed by atoms with E-state index >= 15 is 0 Å². The monoisotopic (exact) mass is 293 g/mol. The van der Waals surface area contributed by atoms with E-state index in [2.05, 4.69) is 12.2 Å². The van der Waals surface area contributed by atoms with Gasteiger partial charge >= 0.3 is 0 Å². The van der Waals surface area contributed by atoms with Gasteiger partial charge in [0.25, 0.3) is 0 Å². The molecule has 2 rings (SSSR count). The van der Waals surface area contributed by atoms with Crippen molar-refractivity contribution in [3.63, 3.8) is 0 Å². The number of hydrogen-bond acceptors (Lipinski definition) is 4. The first-order chi connectivity index (χ1) is 10.1. The first-order valence-corrected chi connectivity index (χ1v) is 7.17. The van der Waals surface area contributed by atoms with Crippen molar-refractivity contribution in [2.75, 3.05) is 21.3 Å². The minimum absolute atomic E-state index is 0.0173. The van der Waals surface area contributed by atoms with Gasteiger partial charge in [-0.3, -0.25) is 4.79 Å². The van der Waals surface area contributed by atoms with Crippen molar-refractivity contribution in [2.45, 2.75) is 32.2 Å². The van der Waals surface area contributed by atoms with Gasteiger partial charge in [0.1, 0.15) is 0 Å². The number of nitrogens with one attached hydrogen (secondary N) is 1. The zero-order chi connectivity index (χ0) is 15.4. The molecule has 0 radical (unpaired) electrons. The SMILES string of the molecule is COc1cc(CC(=O)NC(C)C2CC2)cc(OC)c1OC. The molecule has 1 fully saturated rings. The van der Waals surface area contributed by atoms with Crippen molar-refractivity contribution < 1.29 is 19.0 Å². The lowest BCUT2D eigenvalue weighted by atomic mass is 10.1. The van der Waals surface area contributed by atoms with Crippen LogP contribution in [0.3, 0.4) is 0 Å². The average Bonchev–Trinajstić information content (AvgIpc) is 3.30. The lowest BCUT2D eigenvalue weighted by Gasteiger charge is -2.15. The van der Waals surface area contributed by atoms with Crippen LogP contribution in [0.1, 0.15) is 25.3 Å².